The third kappa shape index (κ3) is 3.33. The second kappa shape index (κ2) is 6.00. The van der Waals surface area contributed by atoms with Crippen molar-refractivity contribution < 1.29 is 9.53 Å². The van der Waals surface area contributed by atoms with Crippen molar-refractivity contribution in [1.29, 1.82) is 0 Å². The predicted octanol–water partition coefficient (Wildman–Crippen LogP) is 2.55. The molecule has 1 aromatic heterocycles. The van der Waals surface area contributed by atoms with Gasteiger partial charge in [-0.1, -0.05) is 30.3 Å². The molecule has 0 radical (unpaired) electrons. The maximum atomic E-state index is 12.0. The van der Waals surface area contributed by atoms with Crippen molar-refractivity contribution in [3.05, 3.63) is 78.4 Å². The number of rotatable bonds is 4. The molecule has 0 atom stereocenters. The fourth-order valence-corrected chi connectivity index (χ4v) is 1.90. The summed E-state index contributed by atoms with van der Waals surface area (Å²) in [5, 5.41) is 4.04. The molecule has 1 heterocycles. The maximum absolute atomic E-state index is 12.0. The molecule has 2 aromatic carbocycles. The van der Waals surface area contributed by atoms with Crippen LogP contribution in [0.4, 0.5) is 0 Å². The van der Waals surface area contributed by atoms with Gasteiger partial charge >= 0.3 is 5.97 Å². The number of hydrogen-bond acceptors (Lipinski definition) is 4. The van der Waals surface area contributed by atoms with Gasteiger partial charge in [-0.05, 0) is 29.8 Å². The third-order valence-corrected chi connectivity index (χ3v) is 2.95. The molecule has 21 heavy (non-hydrogen) atoms. The molecule has 3 aromatic rings. The summed E-state index contributed by atoms with van der Waals surface area (Å²) in [4.78, 5) is 15.9. The molecule has 0 unspecified atom stereocenters. The standard InChI is InChI=1S/C16H13N3O2/c20-16(21-15-4-2-1-3-5-15)14-8-6-13(7-9-14)10-19-12-17-11-18-19/h1-9,11-12H,10H2. The van der Waals surface area contributed by atoms with Crippen molar-refractivity contribution in [1.82, 2.24) is 14.8 Å². The Morgan fingerprint density at radius 3 is 2.48 bits per heavy atom. The quantitative estimate of drug-likeness (QED) is 0.544. The van der Waals surface area contributed by atoms with E-state index in [1.165, 1.54) is 6.33 Å². The van der Waals surface area contributed by atoms with E-state index in [0.717, 1.165) is 5.56 Å². The van der Waals surface area contributed by atoms with E-state index < -0.39 is 0 Å². The van der Waals surface area contributed by atoms with Crippen LogP contribution in [0.15, 0.2) is 67.3 Å². The van der Waals surface area contributed by atoms with Crippen LogP contribution >= 0.6 is 0 Å². The van der Waals surface area contributed by atoms with E-state index in [1.807, 2.05) is 30.3 Å². The van der Waals surface area contributed by atoms with Crippen LogP contribution in [0.5, 0.6) is 5.75 Å². The minimum atomic E-state index is -0.367. The first-order valence-corrected chi connectivity index (χ1v) is 6.50. The Kier molecular flexibility index (Phi) is 3.73. The first-order valence-electron chi connectivity index (χ1n) is 6.50. The van der Waals surface area contributed by atoms with Crippen LogP contribution in [0.2, 0.25) is 0 Å². The van der Waals surface area contributed by atoms with Gasteiger partial charge in [0.15, 0.2) is 0 Å². The first kappa shape index (κ1) is 13.1. The Bertz CT molecular complexity index is 707. The second-order valence-electron chi connectivity index (χ2n) is 4.49. The average molecular weight is 279 g/mol. The van der Waals surface area contributed by atoms with Gasteiger partial charge in [0, 0.05) is 0 Å². The van der Waals surface area contributed by atoms with Crippen LogP contribution in [0.1, 0.15) is 15.9 Å². The highest BCUT2D eigenvalue weighted by Gasteiger charge is 2.08. The molecular formula is C16H13N3O2. The zero-order valence-corrected chi connectivity index (χ0v) is 11.2. The monoisotopic (exact) mass is 279 g/mol. The number of carbonyl (C=O) groups is 1. The van der Waals surface area contributed by atoms with Crippen molar-refractivity contribution in [2.75, 3.05) is 0 Å². The summed E-state index contributed by atoms with van der Waals surface area (Å²) in [5.74, 6) is 0.169. The van der Waals surface area contributed by atoms with Gasteiger partial charge < -0.3 is 4.74 Å². The van der Waals surface area contributed by atoms with E-state index in [2.05, 4.69) is 10.1 Å². The lowest BCUT2D eigenvalue weighted by molar-refractivity contribution is 0.0735. The van der Waals surface area contributed by atoms with E-state index in [-0.39, 0.29) is 5.97 Å². The van der Waals surface area contributed by atoms with E-state index in [9.17, 15) is 4.79 Å². The number of nitrogens with zero attached hydrogens (tertiary/aromatic N) is 3. The second-order valence-corrected chi connectivity index (χ2v) is 4.49. The van der Waals surface area contributed by atoms with E-state index >= 15 is 0 Å². The molecular weight excluding hydrogens is 266 g/mol. The van der Waals surface area contributed by atoms with Crippen LogP contribution in [0, 0.1) is 0 Å². The van der Waals surface area contributed by atoms with E-state index in [4.69, 9.17) is 4.74 Å². The molecule has 0 saturated carbocycles. The van der Waals surface area contributed by atoms with Crippen molar-refractivity contribution >= 4 is 5.97 Å². The summed E-state index contributed by atoms with van der Waals surface area (Å²) in [5.41, 5.74) is 1.55. The minimum absolute atomic E-state index is 0.367. The van der Waals surface area contributed by atoms with Crippen LogP contribution in [0.3, 0.4) is 0 Å². The molecule has 0 bridgehead atoms. The molecule has 0 aliphatic carbocycles. The first-order chi connectivity index (χ1) is 10.3. The topological polar surface area (TPSA) is 57.0 Å². The summed E-state index contributed by atoms with van der Waals surface area (Å²) in [6.07, 6.45) is 3.14. The lowest BCUT2D eigenvalue weighted by Gasteiger charge is -2.05. The predicted molar refractivity (Wildman–Crippen MR) is 77.0 cm³/mol. The summed E-state index contributed by atoms with van der Waals surface area (Å²) in [6, 6.07) is 16.3. The highest BCUT2D eigenvalue weighted by Crippen LogP contribution is 2.12. The van der Waals surface area contributed by atoms with E-state index in [1.54, 1.807) is 35.3 Å². The zero-order chi connectivity index (χ0) is 14.5. The minimum Gasteiger partial charge on any atom is -0.423 e. The van der Waals surface area contributed by atoms with Gasteiger partial charge in [0.2, 0.25) is 0 Å². The zero-order valence-electron chi connectivity index (χ0n) is 11.2. The molecule has 0 N–H and O–H groups in total. The Balaban J connectivity index is 1.67. The van der Waals surface area contributed by atoms with Gasteiger partial charge in [0.1, 0.15) is 18.4 Å². The van der Waals surface area contributed by atoms with Crippen molar-refractivity contribution in [2.45, 2.75) is 6.54 Å². The van der Waals surface area contributed by atoms with Crippen molar-refractivity contribution in [3.63, 3.8) is 0 Å². The highest BCUT2D eigenvalue weighted by atomic mass is 16.5. The summed E-state index contributed by atoms with van der Waals surface area (Å²) >= 11 is 0. The number of aromatic nitrogens is 3. The molecule has 3 rings (SSSR count). The number of benzene rings is 2. The van der Waals surface area contributed by atoms with Crippen LogP contribution in [-0.2, 0) is 6.54 Å². The number of esters is 1. The summed E-state index contributed by atoms with van der Waals surface area (Å²) in [6.45, 7) is 0.619. The number of para-hydroxylation sites is 1. The Morgan fingerprint density at radius 2 is 1.81 bits per heavy atom. The maximum Gasteiger partial charge on any atom is 0.343 e. The Labute approximate surface area is 121 Å². The number of ether oxygens (including phenoxy) is 1. The van der Waals surface area contributed by atoms with Crippen LogP contribution in [0.25, 0.3) is 0 Å². The molecule has 0 aliphatic rings. The highest BCUT2D eigenvalue weighted by molar-refractivity contribution is 5.91. The lowest BCUT2D eigenvalue weighted by Crippen LogP contribution is -2.08. The molecule has 0 amide bonds. The summed E-state index contributed by atoms with van der Waals surface area (Å²) < 4.78 is 7.00. The van der Waals surface area contributed by atoms with E-state index in [0.29, 0.717) is 17.9 Å². The number of hydrogen-bond donors (Lipinski definition) is 0. The van der Waals surface area contributed by atoms with Gasteiger partial charge in [-0.3, -0.25) is 0 Å². The Hall–Kier alpha value is -2.95. The third-order valence-electron chi connectivity index (χ3n) is 2.95. The Morgan fingerprint density at radius 1 is 1.05 bits per heavy atom. The fourth-order valence-electron chi connectivity index (χ4n) is 1.90. The van der Waals surface area contributed by atoms with Gasteiger partial charge in [-0.15, -0.1) is 0 Å². The average Bonchev–Trinajstić information content (AvgIpc) is 3.02. The number of carbonyl (C=O) groups excluding carboxylic acids is 1. The van der Waals surface area contributed by atoms with Gasteiger partial charge in [-0.25, -0.2) is 14.5 Å². The molecule has 0 saturated heterocycles. The lowest BCUT2D eigenvalue weighted by atomic mass is 10.1. The van der Waals surface area contributed by atoms with Gasteiger partial charge in [0.05, 0.1) is 12.1 Å². The van der Waals surface area contributed by atoms with Gasteiger partial charge in [0.25, 0.3) is 0 Å². The molecule has 104 valence electrons. The van der Waals surface area contributed by atoms with Crippen LogP contribution in [-0.4, -0.2) is 20.7 Å². The molecule has 0 spiro atoms. The van der Waals surface area contributed by atoms with Crippen molar-refractivity contribution in [2.24, 2.45) is 0 Å². The molecule has 0 fully saturated rings. The molecule has 5 heteroatoms. The molecule has 5 nitrogen and oxygen atoms in total. The fraction of sp³-hybridized carbons (Fsp3) is 0.0625. The van der Waals surface area contributed by atoms with Gasteiger partial charge in [-0.2, -0.15) is 5.10 Å². The smallest absolute Gasteiger partial charge is 0.343 e. The largest absolute Gasteiger partial charge is 0.423 e. The summed E-state index contributed by atoms with van der Waals surface area (Å²) in [7, 11) is 0. The van der Waals surface area contributed by atoms with Crippen LogP contribution < -0.4 is 4.74 Å². The molecule has 0 aliphatic heterocycles. The normalized spacial score (nSPS) is 10.3. The SMILES string of the molecule is O=C(Oc1ccccc1)c1ccc(Cn2cncn2)cc1. The van der Waals surface area contributed by atoms with Crippen molar-refractivity contribution in [3.8, 4) is 5.75 Å².